The van der Waals surface area contributed by atoms with Gasteiger partial charge in [-0.3, -0.25) is 9.59 Å². The van der Waals surface area contributed by atoms with Crippen molar-refractivity contribution in [2.24, 2.45) is 9.98 Å². The molecule has 5 nitrogen and oxygen atoms in total. The fourth-order valence-electron chi connectivity index (χ4n) is 2.86. The third kappa shape index (κ3) is 3.11. The van der Waals surface area contributed by atoms with Crippen molar-refractivity contribution in [1.82, 2.24) is 0 Å². The molecule has 23 heavy (non-hydrogen) atoms. The third-order valence-electron chi connectivity index (χ3n) is 3.97. The molecule has 1 aromatic rings. The second-order valence-corrected chi connectivity index (χ2v) is 5.59. The topological polar surface area (TPSA) is 62.1 Å². The largest absolute Gasteiger partial charge is 0.418 e. The van der Waals surface area contributed by atoms with Crippen molar-refractivity contribution in [2.45, 2.75) is 31.9 Å². The molecule has 8 heteroatoms. The molecule has 0 N–H and O–H groups in total. The zero-order chi connectivity index (χ0) is 16.6. The molecular formula is C15H14F3N3O2. The molecule has 2 aliphatic heterocycles. The van der Waals surface area contributed by atoms with Crippen LogP contribution < -0.4 is 15.6 Å². The maximum absolute atomic E-state index is 13.4. The van der Waals surface area contributed by atoms with Gasteiger partial charge in [-0.25, -0.2) is 9.98 Å². The lowest BCUT2D eigenvalue weighted by molar-refractivity contribution is -0.137. The average Bonchev–Trinajstić information content (AvgIpc) is 2.75. The van der Waals surface area contributed by atoms with Crippen LogP contribution in [0.1, 0.15) is 31.2 Å². The molecular weight excluding hydrogens is 311 g/mol. The van der Waals surface area contributed by atoms with Gasteiger partial charge in [0.15, 0.2) is 0 Å². The molecule has 0 atom stereocenters. The predicted molar refractivity (Wildman–Crippen MR) is 74.5 cm³/mol. The number of fused-ring (bicyclic) bond motifs is 1. The van der Waals surface area contributed by atoms with Crippen LogP contribution in [0.25, 0.3) is 0 Å². The van der Waals surface area contributed by atoms with Gasteiger partial charge >= 0.3 is 18.0 Å². The number of carbonyl (C=O) groups is 2. The molecule has 0 saturated carbocycles. The average molecular weight is 325 g/mol. The normalized spacial score (nSPS) is 18.8. The zero-order valence-electron chi connectivity index (χ0n) is 12.2. The summed E-state index contributed by atoms with van der Waals surface area (Å²) >= 11 is 0. The first-order valence-electron chi connectivity index (χ1n) is 7.38. The van der Waals surface area contributed by atoms with E-state index in [-0.39, 0.29) is 16.4 Å². The van der Waals surface area contributed by atoms with Crippen LogP contribution in [-0.2, 0) is 15.8 Å². The molecule has 0 bridgehead atoms. The summed E-state index contributed by atoms with van der Waals surface area (Å²) in [5, 5.41) is -0.192. The van der Waals surface area contributed by atoms with E-state index in [4.69, 9.17) is 0 Å². The highest BCUT2D eigenvalue weighted by Gasteiger charge is 2.36. The molecule has 2 amide bonds. The molecule has 0 unspecified atom stereocenters. The Balaban J connectivity index is 2.20. The van der Waals surface area contributed by atoms with Crippen molar-refractivity contribution >= 4 is 17.5 Å². The van der Waals surface area contributed by atoms with Crippen LogP contribution in [-0.4, -0.2) is 24.9 Å². The van der Waals surface area contributed by atoms with Crippen LogP contribution in [0.4, 0.5) is 18.9 Å². The Bertz CT molecular complexity index is 778. The number of hydrogen-bond donors (Lipinski definition) is 0. The lowest BCUT2D eigenvalue weighted by Crippen LogP contribution is -2.38. The minimum Gasteiger partial charge on any atom is -0.371 e. The van der Waals surface area contributed by atoms with Gasteiger partial charge in [-0.1, -0.05) is 12.8 Å². The first kappa shape index (κ1) is 15.6. The van der Waals surface area contributed by atoms with E-state index in [9.17, 15) is 22.8 Å². The van der Waals surface area contributed by atoms with Gasteiger partial charge in [-0.2, -0.15) is 13.2 Å². The number of hydrogen-bond acceptors (Lipinski definition) is 3. The lowest BCUT2D eigenvalue weighted by Gasteiger charge is -2.26. The van der Waals surface area contributed by atoms with Gasteiger partial charge in [0.1, 0.15) is 0 Å². The highest BCUT2D eigenvalue weighted by molar-refractivity contribution is 6.36. The van der Waals surface area contributed by atoms with Gasteiger partial charge in [-0.05, 0) is 25.0 Å². The number of halogens is 3. The van der Waals surface area contributed by atoms with Gasteiger partial charge < -0.3 is 4.90 Å². The predicted octanol–water partition coefficient (Wildman–Crippen LogP) is 1.39. The first-order chi connectivity index (χ1) is 10.9. The monoisotopic (exact) mass is 325 g/mol. The Morgan fingerprint density at radius 2 is 1.39 bits per heavy atom. The second kappa shape index (κ2) is 5.75. The fraction of sp³-hybridized carbons (Fsp3) is 0.467. The summed E-state index contributed by atoms with van der Waals surface area (Å²) in [6.07, 6.45) is -0.984. The summed E-state index contributed by atoms with van der Waals surface area (Å²) in [5.74, 6) is -2.20. The van der Waals surface area contributed by atoms with Crippen molar-refractivity contribution in [1.29, 1.82) is 0 Å². The van der Waals surface area contributed by atoms with Crippen LogP contribution in [0, 0.1) is 0 Å². The van der Waals surface area contributed by atoms with Crippen LogP contribution >= 0.6 is 0 Å². The Hall–Kier alpha value is -2.25. The van der Waals surface area contributed by atoms with Crippen molar-refractivity contribution in [2.75, 3.05) is 18.0 Å². The number of rotatable bonds is 1. The number of anilines is 1. The van der Waals surface area contributed by atoms with Gasteiger partial charge in [0.05, 0.1) is 22.0 Å². The molecule has 1 fully saturated rings. The Kier molecular flexibility index (Phi) is 3.91. The van der Waals surface area contributed by atoms with E-state index >= 15 is 0 Å². The Morgan fingerprint density at radius 3 is 1.91 bits per heavy atom. The van der Waals surface area contributed by atoms with E-state index in [2.05, 4.69) is 9.98 Å². The van der Waals surface area contributed by atoms with E-state index in [0.717, 1.165) is 31.7 Å². The van der Waals surface area contributed by atoms with E-state index < -0.39 is 23.6 Å². The minimum atomic E-state index is -4.57. The molecule has 2 aliphatic rings. The molecule has 122 valence electrons. The van der Waals surface area contributed by atoms with E-state index in [1.807, 2.05) is 0 Å². The van der Waals surface area contributed by atoms with Crippen molar-refractivity contribution in [3.63, 3.8) is 0 Å². The van der Waals surface area contributed by atoms with Crippen molar-refractivity contribution in [3.8, 4) is 0 Å². The maximum Gasteiger partial charge on any atom is 0.418 e. The highest BCUT2D eigenvalue weighted by atomic mass is 19.4. The van der Waals surface area contributed by atoms with Crippen molar-refractivity contribution in [3.05, 3.63) is 28.4 Å². The number of alkyl halides is 3. The molecule has 2 heterocycles. The second-order valence-electron chi connectivity index (χ2n) is 5.59. The highest BCUT2D eigenvalue weighted by Crippen LogP contribution is 2.35. The summed E-state index contributed by atoms with van der Waals surface area (Å²) in [6, 6.07) is 2.03. The van der Waals surface area contributed by atoms with Crippen molar-refractivity contribution < 1.29 is 22.8 Å². The third-order valence-corrected chi connectivity index (χ3v) is 3.97. The quantitative estimate of drug-likeness (QED) is 0.733. The summed E-state index contributed by atoms with van der Waals surface area (Å²) in [7, 11) is 0. The van der Waals surface area contributed by atoms with Crippen LogP contribution in [0.5, 0.6) is 0 Å². The van der Waals surface area contributed by atoms with Gasteiger partial charge in [0.25, 0.3) is 0 Å². The molecule has 1 aromatic carbocycles. The number of amides is 2. The van der Waals surface area contributed by atoms with Gasteiger partial charge in [-0.15, -0.1) is 0 Å². The number of carbonyl (C=O) groups excluding carboxylic acids is 2. The molecule has 0 aromatic heterocycles. The van der Waals surface area contributed by atoms with Crippen LogP contribution in [0.3, 0.4) is 0 Å². The molecule has 0 spiro atoms. The summed E-state index contributed by atoms with van der Waals surface area (Å²) in [4.78, 5) is 31.2. The van der Waals surface area contributed by atoms with E-state index in [1.54, 1.807) is 4.90 Å². The maximum atomic E-state index is 13.4. The number of nitrogens with zero attached hydrogens (tertiary/aromatic N) is 3. The fourth-order valence-corrected chi connectivity index (χ4v) is 2.86. The summed E-state index contributed by atoms with van der Waals surface area (Å²) < 4.78 is 40.2. The minimum absolute atomic E-state index is 0.000695. The molecule has 1 saturated heterocycles. The van der Waals surface area contributed by atoms with E-state index in [1.165, 1.54) is 6.07 Å². The molecule has 0 radical (unpaired) electrons. The first-order valence-corrected chi connectivity index (χ1v) is 7.38. The lowest BCUT2D eigenvalue weighted by atomic mass is 10.1. The van der Waals surface area contributed by atoms with Crippen LogP contribution in [0.2, 0.25) is 0 Å². The number of benzene rings is 1. The Labute approximate surface area is 129 Å². The van der Waals surface area contributed by atoms with Gasteiger partial charge in [0, 0.05) is 13.1 Å². The Morgan fingerprint density at radius 1 is 0.870 bits per heavy atom. The summed E-state index contributed by atoms with van der Waals surface area (Å²) in [6.45, 7) is 1.04. The van der Waals surface area contributed by atoms with Crippen LogP contribution in [0.15, 0.2) is 22.1 Å². The SMILES string of the molecule is O=C1N=c2cc(N3CCCCCC3)c(C(F)(F)F)cc2=NC1=O. The smallest absolute Gasteiger partial charge is 0.371 e. The molecule has 3 rings (SSSR count). The zero-order valence-corrected chi connectivity index (χ0v) is 12.2. The van der Waals surface area contributed by atoms with Gasteiger partial charge in [0.2, 0.25) is 0 Å². The van der Waals surface area contributed by atoms with E-state index in [0.29, 0.717) is 13.1 Å². The standard InChI is InChI=1S/C15H14F3N3O2/c16-15(17,18)9-7-10-11(20-14(23)13(22)19-10)8-12(9)21-5-3-1-2-4-6-21/h7-8H,1-6H2. The summed E-state index contributed by atoms with van der Waals surface area (Å²) in [5.41, 5.74) is -0.849. The molecule has 0 aliphatic carbocycles.